The molecule has 1 atom stereocenters. The second-order valence-electron chi connectivity index (χ2n) is 7.36. The van der Waals surface area contributed by atoms with Crippen LogP contribution in [0.1, 0.15) is 12.0 Å². The summed E-state index contributed by atoms with van der Waals surface area (Å²) in [5.41, 5.74) is 3.12. The van der Waals surface area contributed by atoms with Gasteiger partial charge in [-0.1, -0.05) is 66.7 Å². The molecule has 0 fully saturated rings. The summed E-state index contributed by atoms with van der Waals surface area (Å²) in [5, 5.41) is 20.6. The van der Waals surface area contributed by atoms with E-state index in [9.17, 15) is 9.90 Å². The first-order valence-electron chi connectivity index (χ1n) is 10.4. The molecule has 31 heavy (non-hydrogen) atoms. The Labute approximate surface area is 185 Å². The number of hydrogen-bond donors (Lipinski definition) is 3. The summed E-state index contributed by atoms with van der Waals surface area (Å²) in [5.74, 6) is -0.224. The lowest BCUT2D eigenvalue weighted by atomic mass is 10.1. The third-order valence-electron chi connectivity index (χ3n) is 5.13. The van der Waals surface area contributed by atoms with Gasteiger partial charge >= 0.3 is 0 Å². The Kier molecular flexibility index (Phi) is 6.92. The van der Waals surface area contributed by atoms with Crippen LogP contribution in [0.15, 0.2) is 78.2 Å². The van der Waals surface area contributed by atoms with E-state index < -0.39 is 6.04 Å². The minimum absolute atomic E-state index is 0.224. The van der Waals surface area contributed by atoms with E-state index in [0.29, 0.717) is 11.7 Å². The van der Waals surface area contributed by atoms with Crippen LogP contribution in [0.2, 0.25) is 0 Å². The van der Waals surface area contributed by atoms with Crippen molar-refractivity contribution in [2.24, 2.45) is 0 Å². The van der Waals surface area contributed by atoms with E-state index in [1.807, 2.05) is 41.8 Å². The number of thiazole rings is 1. The van der Waals surface area contributed by atoms with Crippen molar-refractivity contribution in [3.8, 4) is 11.3 Å². The first-order chi connectivity index (χ1) is 15.2. The fraction of sp³-hybridized carbons (Fsp3) is 0.200. The summed E-state index contributed by atoms with van der Waals surface area (Å²) < 4.78 is 0. The van der Waals surface area contributed by atoms with E-state index in [4.69, 9.17) is 0 Å². The van der Waals surface area contributed by atoms with Crippen molar-refractivity contribution in [1.29, 1.82) is 0 Å². The molecule has 1 aromatic heterocycles. The lowest BCUT2D eigenvalue weighted by Gasteiger charge is -2.15. The van der Waals surface area contributed by atoms with Gasteiger partial charge in [0, 0.05) is 17.5 Å². The van der Waals surface area contributed by atoms with Crippen molar-refractivity contribution in [3.63, 3.8) is 0 Å². The summed E-state index contributed by atoms with van der Waals surface area (Å²) >= 11 is 1.42. The van der Waals surface area contributed by atoms with Crippen LogP contribution in [-0.4, -0.2) is 35.2 Å². The molecule has 3 aromatic carbocycles. The number of aliphatic hydroxyl groups excluding tert-OH is 1. The molecular formula is C25H25N3O2S. The number of carbonyl (C=O) groups excluding carboxylic acids is 1. The minimum atomic E-state index is -0.729. The highest BCUT2D eigenvalue weighted by Crippen LogP contribution is 2.28. The number of aromatic nitrogens is 1. The van der Waals surface area contributed by atoms with Gasteiger partial charge in [0.25, 0.3) is 0 Å². The fourth-order valence-corrected chi connectivity index (χ4v) is 4.21. The van der Waals surface area contributed by atoms with Gasteiger partial charge in [0.05, 0.1) is 12.3 Å². The number of amides is 1. The van der Waals surface area contributed by atoms with E-state index in [0.717, 1.165) is 29.5 Å². The van der Waals surface area contributed by atoms with Crippen LogP contribution in [0.25, 0.3) is 22.0 Å². The van der Waals surface area contributed by atoms with Crippen molar-refractivity contribution in [2.75, 3.05) is 18.5 Å². The second kappa shape index (κ2) is 10.2. The number of aliphatic hydroxyl groups is 1. The molecule has 0 bridgehead atoms. The molecule has 1 amide bonds. The average Bonchev–Trinajstić information content (AvgIpc) is 3.29. The van der Waals surface area contributed by atoms with Gasteiger partial charge in [0.1, 0.15) is 6.04 Å². The smallest absolute Gasteiger partial charge is 0.244 e. The summed E-state index contributed by atoms with van der Waals surface area (Å²) in [4.78, 5) is 17.1. The van der Waals surface area contributed by atoms with Crippen molar-refractivity contribution >= 4 is 33.1 Å². The molecule has 5 nitrogen and oxygen atoms in total. The van der Waals surface area contributed by atoms with Crippen LogP contribution in [0.4, 0.5) is 5.13 Å². The molecule has 0 saturated carbocycles. The van der Waals surface area contributed by atoms with E-state index >= 15 is 0 Å². The predicted octanol–water partition coefficient (Wildman–Crippen LogP) is 4.49. The largest absolute Gasteiger partial charge is 0.394 e. The Morgan fingerprint density at radius 3 is 2.58 bits per heavy atom. The molecule has 0 aliphatic heterocycles. The van der Waals surface area contributed by atoms with Gasteiger partial charge in [0.15, 0.2) is 5.13 Å². The molecule has 1 heterocycles. The third-order valence-corrected chi connectivity index (χ3v) is 5.90. The maximum absolute atomic E-state index is 12.5. The number of carbonyl (C=O) groups is 1. The Morgan fingerprint density at radius 2 is 1.77 bits per heavy atom. The Morgan fingerprint density at radius 1 is 1.00 bits per heavy atom. The van der Waals surface area contributed by atoms with E-state index in [1.54, 1.807) is 0 Å². The number of benzene rings is 3. The zero-order valence-corrected chi connectivity index (χ0v) is 17.9. The van der Waals surface area contributed by atoms with Gasteiger partial charge in [-0.15, -0.1) is 11.3 Å². The Balaban J connectivity index is 1.32. The zero-order valence-electron chi connectivity index (χ0n) is 17.1. The molecule has 0 saturated heterocycles. The molecule has 0 radical (unpaired) electrons. The van der Waals surface area contributed by atoms with E-state index in [-0.39, 0.29) is 12.5 Å². The van der Waals surface area contributed by atoms with Gasteiger partial charge in [0.2, 0.25) is 5.91 Å². The quantitative estimate of drug-likeness (QED) is 0.342. The molecule has 0 spiro atoms. The summed E-state index contributed by atoms with van der Waals surface area (Å²) in [6.07, 6.45) is 1.75. The summed E-state index contributed by atoms with van der Waals surface area (Å²) in [6.45, 7) is 0.265. The molecule has 6 heteroatoms. The molecule has 158 valence electrons. The highest BCUT2D eigenvalue weighted by atomic mass is 32.1. The lowest BCUT2D eigenvalue weighted by Crippen LogP contribution is -2.42. The normalized spacial score (nSPS) is 11.9. The number of aryl methyl sites for hydroxylation is 1. The summed E-state index contributed by atoms with van der Waals surface area (Å²) in [7, 11) is 0. The third kappa shape index (κ3) is 5.48. The highest BCUT2D eigenvalue weighted by molar-refractivity contribution is 7.14. The van der Waals surface area contributed by atoms with Crippen LogP contribution in [0, 0.1) is 0 Å². The van der Waals surface area contributed by atoms with Crippen molar-refractivity contribution in [2.45, 2.75) is 18.9 Å². The minimum Gasteiger partial charge on any atom is -0.394 e. The van der Waals surface area contributed by atoms with Crippen molar-refractivity contribution < 1.29 is 9.90 Å². The van der Waals surface area contributed by atoms with Gasteiger partial charge in [-0.2, -0.15) is 0 Å². The molecule has 0 unspecified atom stereocenters. The van der Waals surface area contributed by atoms with Crippen LogP contribution in [0.3, 0.4) is 0 Å². The molecule has 4 rings (SSSR count). The van der Waals surface area contributed by atoms with Crippen molar-refractivity contribution in [1.82, 2.24) is 10.3 Å². The maximum Gasteiger partial charge on any atom is 0.244 e. The van der Waals surface area contributed by atoms with Gasteiger partial charge in [-0.05, 0) is 35.2 Å². The zero-order chi connectivity index (χ0) is 21.5. The summed E-state index contributed by atoms with van der Waals surface area (Å²) in [6, 6.07) is 23.9. The first kappa shape index (κ1) is 21.0. The van der Waals surface area contributed by atoms with Crippen LogP contribution in [0.5, 0.6) is 0 Å². The van der Waals surface area contributed by atoms with E-state index in [2.05, 4.69) is 52.0 Å². The standard InChI is InChI=1S/C25H25N3O2S/c29-16-22(24(30)26-14-6-9-18-7-2-1-3-8-18)27-25-28-23(17-31-25)21-13-12-19-10-4-5-11-20(19)15-21/h1-5,7-8,10-13,15,17,22,29H,6,9,14,16H2,(H,26,30)(H,27,28)/t22-/m0/s1. The predicted molar refractivity (Wildman–Crippen MR) is 127 cm³/mol. The fourth-order valence-electron chi connectivity index (χ4n) is 3.44. The number of nitrogens with one attached hydrogen (secondary N) is 2. The maximum atomic E-state index is 12.5. The van der Waals surface area contributed by atoms with Crippen molar-refractivity contribution in [3.05, 3.63) is 83.7 Å². The van der Waals surface area contributed by atoms with Crippen LogP contribution < -0.4 is 10.6 Å². The van der Waals surface area contributed by atoms with Gasteiger partial charge in [-0.3, -0.25) is 4.79 Å². The molecule has 0 aliphatic carbocycles. The molecule has 0 aliphatic rings. The van der Waals surface area contributed by atoms with E-state index in [1.165, 1.54) is 22.3 Å². The Bertz CT molecular complexity index is 1140. The number of nitrogens with zero attached hydrogens (tertiary/aromatic N) is 1. The van der Waals surface area contributed by atoms with Gasteiger partial charge in [-0.25, -0.2) is 4.98 Å². The molecule has 4 aromatic rings. The topological polar surface area (TPSA) is 74.2 Å². The molecular weight excluding hydrogens is 406 g/mol. The highest BCUT2D eigenvalue weighted by Gasteiger charge is 2.18. The monoisotopic (exact) mass is 431 g/mol. The average molecular weight is 432 g/mol. The lowest BCUT2D eigenvalue weighted by molar-refractivity contribution is -0.122. The number of fused-ring (bicyclic) bond motifs is 1. The Hall–Kier alpha value is -3.22. The number of anilines is 1. The molecule has 3 N–H and O–H groups in total. The van der Waals surface area contributed by atoms with Gasteiger partial charge < -0.3 is 15.7 Å². The first-order valence-corrected chi connectivity index (χ1v) is 11.2. The van der Waals surface area contributed by atoms with Crippen LogP contribution >= 0.6 is 11.3 Å². The number of rotatable bonds is 9. The van der Waals surface area contributed by atoms with Crippen LogP contribution in [-0.2, 0) is 11.2 Å². The number of hydrogen-bond acceptors (Lipinski definition) is 5. The SMILES string of the molecule is O=C(NCCCc1ccccc1)[C@H](CO)Nc1nc(-c2ccc3ccccc3c2)cs1. The second-order valence-corrected chi connectivity index (χ2v) is 8.22.